The molecule has 1 rings (SSSR count). The van der Waals surface area contributed by atoms with E-state index in [1.165, 1.54) is 4.90 Å². The van der Waals surface area contributed by atoms with Crippen molar-refractivity contribution >= 4 is 5.91 Å². The summed E-state index contributed by atoms with van der Waals surface area (Å²) in [4.78, 5) is 13.6. The van der Waals surface area contributed by atoms with Gasteiger partial charge in [-0.3, -0.25) is 4.79 Å². The molecule has 0 aliphatic rings. The second-order valence-corrected chi connectivity index (χ2v) is 4.25. The smallest absolute Gasteiger partial charge is 0.253 e. The van der Waals surface area contributed by atoms with Gasteiger partial charge in [-0.05, 0) is 31.2 Å². The van der Waals surface area contributed by atoms with Crippen molar-refractivity contribution in [3.63, 3.8) is 0 Å². The number of rotatable bonds is 3. The zero-order valence-electron chi connectivity index (χ0n) is 11.1. The number of aliphatic hydroxyl groups excluding tert-OH is 1. The molecular weight excluding hydrogens is 240 g/mol. The van der Waals surface area contributed by atoms with Crippen LogP contribution in [0.4, 0.5) is 0 Å². The quantitative estimate of drug-likeness (QED) is 0.828. The molecule has 1 atom stereocenters. The monoisotopic (exact) mass is 256 g/mol. The SMILES string of the molecule is CC(C#N)CN(C)C(=O)c1ccc(C#CCO)cc1. The average molecular weight is 256 g/mol. The Morgan fingerprint density at radius 1 is 1.42 bits per heavy atom. The molecule has 0 bridgehead atoms. The predicted octanol–water partition coefficient (Wildman–Crippen LogP) is 1.26. The van der Waals surface area contributed by atoms with Crippen molar-refractivity contribution in [3.8, 4) is 17.9 Å². The number of benzene rings is 1. The van der Waals surface area contributed by atoms with E-state index >= 15 is 0 Å². The van der Waals surface area contributed by atoms with Crippen molar-refractivity contribution < 1.29 is 9.90 Å². The van der Waals surface area contributed by atoms with Crippen LogP contribution in [0.3, 0.4) is 0 Å². The number of amides is 1. The van der Waals surface area contributed by atoms with Crippen molar-refractivity contribution in [1.82, 2.24) is 4.90 Å². The van der Waals surface area contributed by atoms with Crippen LogP contribution >= 0.6 is 0 Å². The lowest BCUT2D eigenvalue weighted by Crippen LogP contribution is -2.30. The molecule has 0 fully saturated rings. The third-order valence-electron chi connectivity index (χ3n) is 2.56. The van der Waals surface area contributed by atoms with Gasteiger partial charge in [0.25, 0.3) is 5.91 Å². The lowest BCUT2D eigenvalue weighted by atomic mass is 10.1. The second-order valence-electron chi connectivity index (χ2n) is 4.25. The number of nitriles is 1. The summed E-state index contributed by atoms with van der Waals surface area (Å²) in [5, 5.41) is 17.3. The Hall–Kier alpha value is -2.30. The minimum absolute atomic E-state index is 0.122. The van der Waals surface area contributed by atoms with Gasteiger partial charge in [-0.25, -0.2) is 0 Å². The highest BCUT2D eigenvalue weighted by atomic mass is 16.2. The summed E-state index contributed by atoms with van der Waals surface area (Å²) in [6.45, 7) is 1.99. The summed E-state index contributed by atoms with van der Waals surface area (Å²) in [5.74, 6) is 4.99. The van der Waals surface area contributed by atoms with Crippen LogP contribution < -0.4 is 0 Å². The van der Waals surface area contributed by atoms with E-state index in [2.05, 4.69) is 17.9 Å². The fourth-order valence-corrected chi connectivity index (χ4v) is 1.59. The summed E-state index contributed by atoms with van der Waals surface area (Å²) < 4.78 is 0. The lowest BCUT2D eigenvalue weighted by Gasteiger charge is -2.18. The van der Waals surface area contributed by atoms with Gasteiger partial charge < -0.3 is 10.0 Å². The number of hydrogen-bond donors (Lipinski definition) is 1. The third kappa shape index (κ3) is 4.46. The molecule has 0 saturated carbocycles. The van der Waals surface area contributed by atoms with E-state index in [4.69, 9.17) is 10.4 Å². The van der Waals surface area contributed by atoms with Crippen molar-refractivity contribution in [2.24, 2.45) is 5.92 Å². The molecule has 0 aromatic heterocycles. The van der Waals surface area contributed by atoms with Gasteiger partial charge in [-0.2, -0.15) is 5.26 Å². The number of hydrogen-bond acceptors (Lipinski definition) is 3. The molecule has 0 saturated heterocycles. The first-order valence-electron chi connectivity index (χ1n) is 5.93. The van der Waals surface area contributed by atoms with Gasteiger partial charge >= 0.3 is 0 Å². The second kappa shape index (κ2) is 7.20. The van der Waals surface area contributed by atoms with Crippen molar-refractivity contribution in [2.45, 2.75) is 6.92 Å². The molecular formula is C15H16N2O2. The number of carbonyl (C=O) groups excluding carboxylic acids is 1. The van der Waals surface area contributed by atoms with Crippen LogP contribution in [0.15, 0.2) is 24.3 Å². The number of nitrogens with zero attached hydrogens (tertiary/aromatic N) is 2. The third-order valence-corrected chi connectivity index (χ3v) is 2.56. The normalized spacial score (nSPS) is 10.8. The minimum Gasteiger partial charge on any atom is -0.384 e. The molecule has 4 nitrogen and oxygen atoms in total. The van der Waals surface area contributed by atoms with E-state index < -0.39 is 0 Å². The first kappa shape index (κ1) is 14.8. The topological polar surface area (TPSA) is 64.3 Å². The molecule has 1 unspecified atom stereocenters. The van der Waals surface area contributed by atoms with E-state index in [1.807, 2.05) is 0 Å². The number of carbonyl (C=O) groups is 1. The van der Waals surface area contributed by atoms with E-state index in [-0.39, 0.29) is 18.4 Å². The fourth-order valence-electron chi connectivity index (χ4n) is 1.59. The molecule has 1 amide bonds. The largest absolute Gasteiger partial charge is 0.384 e. The van der Waals surface area contributed by atoms with Crippen LogP contribution in [0.5, 0.6) is 0 Å². The first-order chi connectivity index (χ1) is 9.08. The van der Waals surface area contributed by atoms with Gasteiger partial charge in [0.05, 0.1) is 12.0 Å². The van der Waals surface area contributed by atoms with Crippen LogP contribution in [-0.2, 0) is 0 Å². The fraction of sp³-hybridized carbons (Fsp3) is 0.333. The van der Waals surface area contributed by atoms with Crippen molar-refractivity contribution in [3.05, 3.63) is 35.4 Å². The standard InChI is InChI=1S/C15H16N2O2/c1-12(10-16)11-17(2)15(19)14-7-5-13(6-8-14)4-3-9-18/h5-8,12,18H,9,11H2,1-2H3. The van der Waals surface area contributed by atoms with E-state index in [9.17, 15) is 4.79 Å². The summed E-state index contributed by atoms with van der Waals surface area (Å²) >= 11 is 0. The minimum atomic E-state index is -0.191. The molecule has 0 aliphatic heterocycles. The highest BCUT2D eigenvalue weighted by Crippen LogP contribution is 2.07. The molecule has 98 valence electrons. The molecule has 19 heavy (non-hydrogen) atoms. The Bertz CT molecular complexity index is 532. The highest BCUT2D eigenvalue weighted by molar-refractivity contribution is 5.94. The molecule has 0 radical (unpaired) electrons. The molecule has 4 heteroatoms. The summed E-state index contributed by atoms with van der Waals surface area (Å²) in [5.41, 5.74) is 1.31. The summed E-state index contributed by atoms with van der Waals surface area (Å²) in [6, 6.07) is 8.95. The van der Waals surface area contributed by atoms with Gasteiger partial charge in [0, 0.05) is 24.7 Å². The number of aliphatic hydroxyl groups is 1. The molecule has 1 N–H and O–H groups in total. The van der Waals surface area contributed by atoms with Crippen LogP contribution in [0, 0.1) is 29.1 Å². The summed E-state index contributed by atoms with van der Waals surface area (Å²) in [6.07, 6.45) is 0. The van der Waals surface area contributed by atoms with Crippen molar-refractivity contribution in [2.75, 3.05) is 20.2 Å². The van der Waals surface area contributed by atoms with Gasteiger partial charge in [-0.15, -0.1) is 0 Å². The maximum absolute atomic E-state index is 12.1. The van der Waals surface area contributed by atoms with Gasteiger partial charge in [-0.1, -0.05) is 11.8 Å². The van der Waals surface area contributed by atoms with E-state index in [1.54, 1.807) is 38.2 Å². The zero-order chi connectivity index (χ0) is 14.3. The Balaban J connectivity index is 2.75. The van der Waals surface area contributed by atoms with E-state index in [0.29, 0.717) is 12.1 Å². The maximum Gasteiger partial charge on any atom is 0.253 e. The van der Waals surface area contributed by atoms with E-state index in [0.717, 1.165) is 5.56 Å². The highest BCUT2D eigenvalue weighted by Gasteiger charge is 2.13. The van der Waals surface area contributed by atoms with Gasteiger partial charge in [0.2, 0.25) is 0 Å². The zero-order valence-corrected chi connectivity index (χ0v) is 11.1. The predicted molar refractivity (Wildman–Crippen MR) is 72.1 cm³/mol. The molecule has 0 spiro atoms. The Labute approximate surface area is 113 Å². The van der Waals surface area contributed by atoms with Crippen LogP contribution in [0.1, 0.15) is 22.8 Å². The first-order valence-corrected chi connectivity index (χ1v) is 5.93. The van der Waals surface area contributed by atoms with Gasteiger partial charge in [0.1, 0.15) is 6.61 Å². The average Bonchev–Trinajstić information content (AvgIpc) is 2.44. The van der Waals surface area contributed by atoms with Crippen LogP contribution in [0.25, 0.3) is 0 Å². The van der Waals surface area contributed by atoms with Crippen LogP contribution in [0.2, 0.25) is 0 Å². The Morgan fingerprint density at radius 3 is 2.58 bits per heavy atom. The molecule has 1 aromatic carbocycles. The van der Waals surface area contributed by atoms with Crippen LogP contribution in [-0.4, -0.2) is 36.1 Å². The molecule has 0 heterocycles. The lowest BCUT2D eigenvalue weighted by molar-refractivity contribution is 0.0785. The van der Waals surface area contributed by atoms with Gasteiger partial charge in [0.15, 0.2) is 0 Å². The Kier molecular flexibility index (Phi) is 5.60. The summed E-state index contributed by atoms with van der Waals surface area (Å²) in [7, 11) is 1.68. The Morgan fingerprint density at radius 2 is 2.05 bits per heavy atom. The molecule has 1 aromatic rings. The molecule has 0 aliphatic carbocycles. The van der Waals surface area contributed by atoms with Crippen molar-refractivity contribution in [1.29, 1.82) is 5.26 Å². The maximum atomic E-state index is 12.1.